The second kappa shape index (κ2) is 8.83. The quantitative estimate of drug-likeness (QED) is 0.371. The van der Waals surface area contributed by atoms with Crippen LogP contribution in [0.15, 0.2) is 64.1 Å². The number of nitrogens with one attached hydrogen (secondary N) is 1. The molecule has 0 aliphatic heterocycles. The largest absolute Gasteiger partial charge is 0.484 e. The highest BCUT2D eigenvalue weighted by molar-refractivity contribution is 5.81. The number of aryl methyl sites for hydroxylation is 2. The van der Waals surface area contributed by atoms with Gasteiger partial charge in [0.15, 0.2) is 6.61 Å². The van der Waals surface area contributed by atoms with Crippen molar-refractivity contribution in [2.45, 2.75) is 13.8 Å². The van der Waals surface area contributed by atoms with E-state index in [9.17, 15) is 14.9 Å². The first kappa shape index (κ1) is 19.8. The Labute approximate surface area is 167 Å². The van der Waals surface area contributed by atoms with E-state index in [4.69, 9.17) is 9.15 Å². The first-order chi connectivity index (χ1) is 13.9. The van der Waals surface area contributed by atoms with Gasteiger partial charge in [-0.25, -0.2) is 5.43 Å². The van der Waals surface area contributed by atoms with Gasteiger partial charge in [0.05, 0.1) is 11.1 Å². The van der Waals surface area contributed by atoms with Gasteiger partial charge in [-0.05, 0) is 49.2 Å². The number of furan rings is 1. The number of nitro groups is 1. The predicted octanol–water partition coefficient (Wildman–Crippen LogP) is 4.00. The minimum atomic E-state index is -0.468. The number of ether oxygens (including phenoxy) is 1. The topological polar surface area (TPSA) is 107 Å². The molecule has 148 valence electrons. The maximum absolute atomic E-state index is 11.9. The summed E-state index contributed by atoms with van der Waals surface area (Å²) in [5.41, 5.74) is 5.01. The molecule has 1 aromatic heterocycles. The summed E-state index contributed by atoms with van der Waals surface area (Å²) in [5, 5.41) is 14.7. The van der Waals surface area contributed by atoms with Gasteiger partial charge in [-0.3, -0.25) is 14.9 Å². The van der Waals surface area contributed by atoms with Gasteiger partial charge in [0.2, 0.25) is 0 Å². The van der Waals surface area contributed by atoms with Crippen molar-refractivity contribution >= 4 is 17.8 Å². The molecule has 0 radical (unpaired) electrons. The monoisotopic (exact) mass is 393 g/mol. The zero-order chi connectivity index (χ0) is 20.8. The average Bonchev–Trinajstić information content (AvgIpc) is 3.15. The van der Waals surface area contributed by atoms with Gasteiger partial charge >= 0.3 is 0 Å². The molecule has 3 rings (SSSR count). The van der Waals surface area contributed by atoms with Gasteiger partial charge in [-0.2, -0.15) is 5.10 Å². The highest BCUT2D eigenvalue weighted by atomic mass is 16.6. The maximum atomic E-state index is 11.9. The number of nitro benzene ring substituents is 1. The number of hydrogen-bond acceptors (Lipinski definition) is 6. The second-order valence-electron chi connectivity index (χ2n) is 6.41. The molecule has 0 saturated heterocycles. The van der Waals surface area contributed by atoms with E-state index in [-0.39, 0.29) is 12.3 Å². The number of carbonyl (C=O) groups excluding carboxylic acids is 1. The van der Waals surface area contributed by atoms with E-state index < -0.39 is 10.8 Å². The van der Waals surface area contributed by atoms with Crippen LogP contribution in [0.1, 0.15) is 16.9 Å². The molecule has 2 aromatic carbocycles. The Balaban J connectivity index is 1.55. The molecular weight excluding hydrogens is 374 g/mol. The molecule has 8 nitrogen and oxygen atoms in total. The van der Waals surface area contributed by atoms with Crippen LogP contribution in [0.25, 0.3) is 11.3 Å². The molecule has 0 fully saturated rings. The van der Waals surface area contributed by atoms with E-state index >= 15 is 0 Å². The Hall–Kier alpha value is -3.94. The molecule has 3 aromatic rings. The number of rotatable bonds is 7. The number of benzene rings is 2. The van der Waals surface area contributed by atoms with Crippen LogP contribution >= 0.6 is 0 Å². The number of hydrogen-bond donors (Lipinski definition) is 1. The molecule has 1 N–H and O–H groups in total. The highest BCUT2D eigenvalue weighted by Crippen LogP contribution is 2.25. The molecule has 0 saturated carbocycles. The Morgan fingerprint density at radius 1 is 1.17 bits per heavy atom. The first-order valence-electron chi connectivity index (χ1n) is 8.78. The van der Waals surface area contributed by atoms with Gasteiger partial charge in [-0.15, -0.1) is 0 Å². The second-order valence-corrected chi connectivity index (χ2v) is 6.41. The summed E-state index contributed by atoms with van der Waals surface area (Å²) in [6.45, 7) is 3.74. The number of hydrazone groups is 1. The van der Waals surface area contributed by atoms with E-state index in [0.29, 0.717) is 22.8 Å². The summed E-state index contributed by atoms with van der Waals surface area (Å²) in [5.74, 6) is 1.06. The van der Waals surface area contributed by atoms with Crippen LogP contribution < -0.4 is 10.2 Å². The molecule has 0 atom stereocenters. The Morgan fingerprint density at radius 3 is 2.66 bits per heavy atom. The van der Waals surface area contributed by atoms with Gasteiger partial charge < -0.3 is 9.15 Å². The summed E-state index contributed by atoms with van der Waals surface area (Å²) in [6.07, 6.45) is 1.34. The molecule has 29 heavy (non-hydrogen) atoms. The summed E-state index contributed by atoms with van der Waals surface area (Å²) in [4.78, 5) is 22.3. The zero-order valence-electron chi connectivity index (χ0n) is 15.9. The third-order valence-electron chi connectivity index (χ3n) is 3.91. The molecule has 0 bridgehead atoms. The van der Waals surface area contributed by atoms with E-state index in [2.05, 4.69) is 10.5 Å². The summed E-state index contributed by atoms with van der Waals surface area (Å²) >= 11 is 0. The van der Waals surface area contributed by atoms with Crippen molar-refractivity contribution in [1.29, 1.82) is 0 Å². The summed E-state index contributed by atoms with van der Waals surface area (Å²) in [7, 11) is 0. The van der Waals surface area contributed by atoms with Crippen LogP contribution in [-0.4, -0.2) is 23.7 Å². The molecule has 0 unspecified atom stereocenters. The number of nitrogens with zero attached hydrogens (tertiary/aromatic N) is 2. The molecule has 0 aliphatic carbocycles. The molecular formula is C21H19N3O5. The normalized spacial score (nSPS) is 10.8. The highest BCUT2D eigenvalue weighted by Gasteiger charge is 2.10. The van der Waals surface area contributed by atoms with E-state index in [1.165, 1.54) is 18.3 Å². The Bertz CT molecular complexity index is 1050. The third-order valence-corrected chi connectivity index (χ3v) is 3.91. The van der Waals surface area contributed by atoms with Crippen LogP contribution in [0.3, 0.4) is 0 Å². The first-order valence-corrected chi connectivity index (χ1v) is 8.78. The Kier molecular flexibility index (Phi) is 6.03. The fraction of sp³-hybridized carbons (Fsp3) is 0.143. The summed E-state index contributed by atoms with van der Waals surface area (Å²) < 4.78 is 11.0. The van der Waals surface area contributed by atoms with Crippen molar-refractivity contribution in [3.05, 3.63) is 81.6 Å². The van der Waals surface area contributed by atoms with Crippen molar-refractivity contribution in [3.8, 4) is 17.1 Å². The third kappa shape index (κ3) is 5.52. The lowest BCUT2D eigenvalue weighted by molar-refractivity contribution is -0.384. The lowest BCUT2D eigenvalue weighted by Gasteiger charge is -2.07. The van der Waals surface area contributed by atoms with Crippen molar-refractivity contribution in [1.82, 2.24) is 5.43 Å². The average molecular weight is 393 g/mol. The van der Waals surface area contributed by atoms with E-state index in [1.54, 1.807) is 24.3 Å². The van der Waals surface area contributed by atoms with Crippen LogP contribution in [0.2, 0.25) is 0 Å². The Morgan fingerprint density at radius 2 is 1.93 bits per heavy atom. The lowest BCUT2D eigenvalue weighted by atomic mass is 10.1. The van der Waals surface area contributed by atoms with Crippen molar-refractivity contribution < 1.29 is 18.9 Å². The minimum absolute atomic E-state index is 0.0230. The summed E-state index contributed by atoms with van der Waals surface area (Å²) in [6, 6.07) is 15.2. The molecule has 1 heterocycles. The van der Waals surface area contributed by atoms with Crippen LogP contribution in [0, 0.1) is 24.0 Å². The fourth-order valence-electron chi connectivity index (χ4n) is 2.72. The maximum Gasteiger partial charge on any atom is 0.277 e. The smallest absolute Gasteiger partial charge is 0.277 e. The van der Waals surface area contributed by atoms with E-state index in [1.807, 2.05) is 32.0 Å². The lowest BCUT2D eigenvalue weighted by Crippen LogP contribution is -2.24. The molecule has 8 heteroatoms. The minimum Gasteiger partial charge on any atom is -0.484 e. The zero-order valence-corrected chi connectivity index (χ0v) is 15.9. The molecule has 1 amide bonds. The van der Waals surface area contributed by atoms with Crippen molar-refractivity contribution in [2.75, 3.05) is 6.61 Å². The van der Waals surface area contributed by atoms with Gasteiger partial charge in [0.1, 0.15) is 17.3 Å². The van der Waals surface area contributed by atoms with Crippen molar-refractivity contribution in [2.24, 2.45) is 5.10 Å². The number of non-ortho nitro benzene ring substituents is 1. The fourth-order valence-corrected chi connectivity index (χ4v) is 2.72. The van der Waals surface area contributed by atoms with Gasteiger partial charge in [-0.1, -0.05) is 18.2 Å². The van der Waals surface area contributed by atoms with E-state index in [0.717, 1.165) is 11.1 Å². The molecule has 0 aliphatic rings. The van der Waals surface area contributed by atoms with Crippen molar-refractivity contribution in [3.63, 3.8) is 0 Å². The van der Waals surface area contributed by atoms with Crippen LogP contribution in [0.5, 0.6) is 5.75 Å². The molecule has 0 spiro atoms. The van der Waals surface area contributed by atoms with Crippen LogP contribution in [-0.2, 0) is 4.79 Å². The standard InChI is InChI=1S/C21H19N3O5/c1-14-8-15(2)10-19(9-14)28-13-21(25)23-22-12-18-6-7-20(29-18)16-4-3-5-17(11-16)24(26)27/h3-12H,13H2,1-2H3,(H,23,25)/b22-12-. The van der Waals surface area contributed by atoms with Gasteiger partial charge in [0, 0.05) is 17.7 Å². The van der Waals surface area contributed by atoms with Gasteiger partial charge in [0.25, 0.3) is 11.6 Å². The SMILES string of the molecule is Cc1cc(C)cc(OCC(=O)N/N=C\c2ccc(-c3cccc([N+](=O)[O-])c3)o2)c1. The number of carbonyl (C=O) groups is 1. The number of amides is 1. The van der Waals surface area contributed by atoms with Crippen LogP contribution in [0.4, 0.5) is 5.69 Å². The predicted molar refractivity (Wildman–Crippen MR) is 108 cm³/mol.